The Hall–Kier alpha value is -3.03. The van der Waals surface area contributed by atoms with Crippen molar-refractivity contribution in [3.8, 4) is 0 Å². The molecular weight excluding hydrogens is 342 g/mol. The van der Waals surface area contributed by atoms with Gasteiger partial charge in [-0.25, -0.2) is 15.0 Å². The number of anilines is 2. The maximum absolute atomic E-state index is 12.8. The Kier molecular flexibility index (Phi) is 4.47. The smallest absolute Gasteiger partial charge is 0.230 e. The van der Waals surface area contributed by atoms with Crippen LogP contribution in [0.15, 0.2) is 24.4 Å². The van der Waals surface area contributed by atoms with Gasteiger partial charge in [0.1, 0.15) is 17.5 Å². The number of carbonyl (C=O) groups excluding carboxylic acids is 1. The van der Waals surface area contributed by atoms with Crippen LogP contribution in [0.3, 0.4) is 0 Å². The quantitative estimate of drug-likeness (QED) is 0.766. The van der Waals surface area contributed by atoms with Crippen LogP contribution in [0.4, 0.5) is 11.6 Å². The maximum atomic E-state index is 12.8. The van der Waals surface area contributed by atoms with E-state index in [4.69, 9.17) is 0 Å². The molecule has 1 aliphatic heterocycles. The summed E-state index contributed by atoms with van der Waals surface area (Å²) in [4.78, 5) is 28.4. The molecule has 1 atom stereocenters. The first kappa shape index (κ1) is 17.4. The van der Waals surface area contributed by atoms with E-state index in [2.05, 4.69) is 30.3 Å². The summed E-state index contributed by atoms with van der Waals surface area (Å²) in [6.07, 6.45) is 3.59. The van der Waals surface area contributed by atoms with Gasteiger partial charge in [-0.15, -0.1) is 0 Å². The van der Waals surface area contributed by atoms with Crippen LogP contribution in [0.5, 0.6) is 0 Å². The number of nitrogens with one attached hydrogen (secondary N) is 1. The number of fused-ring (bicyclic) bond motifs is 1. The van der Waals surface area contributed by atoms with Crippen molar-refractivity contribution >= 4 is 28.6 Å². The highest BCUT2D eigenvalue weighted by Crippen LogP contribution is 2.28. The van der Waals surface area contributed by atoms with Crippen molar-refractivity contribution in [1.82, 2.24) is 24.7 Å². The maximum Gasteiger partial charge on any atom is 0.230 e. The van der Waals surface area contributed by atoms with Crippen molar-refractivity contribution in [1.29, 1.82) is 0 Å². The Balaban J connectivity index is 1.56. The predicted octanol–water partition coefficient (Wildman–Crippen LogP) is 2.23. The van der Waals surface area contributed by atoms with E-state index >= 15 is 0 Å². The molecule has 8 nitrogen and oxygen atoms in total. The van der Waals surface area contributed by atoms with Gasteiger partial charge in [0.25, 0.3) is 0 Å². The number of carbonyl (C=O) groups is 1. The van der Waals surface area contributed by atoms with Crippen molar-refractivity contribution in [3.05, 3.63) is 35.9 Å². The van der Waals surface area contributed by atoms with Crippen molar-refractivity contribution in [2.45, 2.75) is 26.7 Å². The van der Waals surface area contributed by atoms with Crippen LogP contribution in [0, 0.1) is 19.8 Å². The third-order valence-electron chi connectivity index (χ3n) is 4.92. The highest BCUT2D eigenvalue weighted by Gasteiger charge is 2.28. The van der Waals surface area contributed by atoms with Crippen LogP contribution in [0.2, 0.25) is 0 Å². The summed E-state index contributed by atoms with van der Waals surface area (Å²) in [7, 11) is 1.87. The van der Waals surface area contributed by atoms with Gasteiger partial charge in [0.15, 0.2) is 5.65 Å². The minimum absolute atomic E-state index is 0.00556. The molecule has 4 rings (SSSR count). The Morgan fingerprint density at radius 2 is 2.07 bits per heavy atom. The average molecular weight is 365 g/mol. The second-order valence-corrected chi connectivity index (χ2v) is 7.04. The monoisotopic (exact) mass is 365 g/mol. The summed E-state index contributed by atoms with van der Waals surface area (Å²) in [5.74, 6) is 2.06. The molecule has 3 aromatic rings. The lowest BCUT2D eigenvalue weighted by atomic mass is 9.97. The highest BCUT2D eigenvalue weighted by atomic mass is 16.2. The van der Waals surface area contributed by atoms with E-state index < -0.39 is 0 Å². The van der Waals surface area contributed by atoms with Gasteiger partial charge < -0.3 is 10.2 Å². The van der Waals surface area contributed by atoms with Crippen LogP contribution in [0.25, 0.3) is 11.0 Å². The summed E-state index contributed by atoms with van der Waals surface area (Å²) in [6, 6.07) is 5.63. The van der Waals surface area contributed by atoms with Gasteiger partial charge >= 0.3 is 0 Å². The number of piperidine rings is 1. The normalized spacial score (nSPS) is 17.3. The Morgan fingerprint density at radius 3 is 2.89 bits per heavy atom. The second-order valence-electron chi connectivity index (χ2n) is 7.04. The lowest BCUT2D eigenvalue weighted by Crippen LogP contribution is -2.41. The SMILES string of the molecule is Cc1cccc(NC(=O)[C@H]2CCCN(c3nc(C)nc4c3cnn4C)C2)n1. The molecule has 0 radical (unpaired) electrons. The van der Waals surface area contributed by atoms with E-state index in [0.717, 1.165) is 41.9 Å². The Bertz CT molecular complexity index is 997. The second kappa shape index (κ2) is 6.94. The molecule has 1 aliphatic rings. The van der Waals surface area contributed by atoms with E-state index in [9.17, 15) is 4.79 Å². The first-order valence-electron chi connectivity index (χ1n) is 9.17. The van der Waals surface area contributed by atoms with Gasteiger partial charge in [0.05, 0.1) is 17.5 Å². The number of hydrogen-bond donors (Lipinski definition) is 1. The molecule has 140 valence electrons. The molecule has 1 saturated heterocycles. The topological polar surface area (TPSA) is 88.8 Å². The fraction of sp³-hybridized carbons (Fsp3) is 0.421. The van der Waals surface area contributed by atoms with E-state index in [0.29, 0.717) is 18.2 Å². The van der Waals surface area contributed by atoms with Gasteiger partial charge in [0, 0.05) is 25.8 Å². The van der Waals surface area contributed by atoms with Gasteiger partial charge in [0.2, 0.25) is 5.91 Å². The van der Waals surface area contributed by atoms with Crippen LogP contribution < -0.4 is 10.2 Å². The molecule has 8 heteroatoms. The average Bonchev–Trinajstić information content (AvgIpc) is 3.02. The molecule has 1 N–H and O–H groups in total. The largest absolute Gasteiger partial charge is 0.355 e. The molecule has 0 aliphatic carbocycles. The third-order valence-corrected chi connectivity index (χ3v) is 4.92. The standard InChI is InChI=1S/C19H23N7O/c1-12-6-4-8-16(21-12)24-19(27)14-7-5-9-26(11-14)18-15-10-20-25(3)17(15)22-13(2)23-18/h4,6,8,10,14H,5,7,9,11H2,1-3H3,(H,21,24,27)/t14-/m0/s1. The van der Waals surface area contributed by atoms with Crippen molar-refractivity contribution < 1.29 is 4.79 Å². The van der Waals surface area contributed by atoms with Crippen LogP contribution >= 0.6 is 0 Å². The Labute approximate surface area is 157 Å². The molecule has 3 aromatic heterocycles. The van der Waals surface area contributed by atoms with Crippen molar-refractivity contribution in [2.75, 3.05) is 23.3 Å². The zero-order valence-electron chi connectivity index (χ0n) is 15.8. The highest BCUT2D eigenvalue weighted by molar-refractivity contribution is 5.93. The molecule has 1 amide bonds. The summed E-state index contributed by atoms with van der Waals surface area (Å²) >= 11 is 0. The minimum Gasteiger partial charge on any atom is -0.355 e. The van der Waals surface area contributed by atoms with Crippen LogP contribution in [0.1, 0.15) is 24.4 Å². The molecule has 1 fully saturated rings. The summed E-state index contributed by atoms with van der Waals surface area (Å²) in [6.45, 7) is 5.28. The fourth-order valence-electron chi connectivity index (χ4n) is 3.58. The molecule has 4 heterocycles. The number of pyridine rings is 1. The van der Waals surface area contributed by atoms with Gasteiger partial charge in [-0.2, -0.15) is 5.10 Å². The summed E-state index contributed by atoms with van der Waals surface area (Å²) in [5, 5.41) is 8.18. The molecule has 0 bridgehead atoms. The predicted molar refractivity (Wildman–Crippen MR) is 104 cm³/mol. The number of aryl methyl sites for hydroxylation is 3. The van der Waals surface area contributed by atoms with E-state index in [1.165, 1.54) is 0 Å². The van der Waals surface area contributed by atoms with E-state index in [1.54, 1.807) is 10.9 Å². The molecule has 0 saturated carbocycles. The molecule has 0 unspecified atom stereocenters. The molecule has 27 heavy (non-hydrogen) atoms. The first-order chi connectivity index (χ1) is 13.0. The molecule has 0 spiro atoms. The molecular formula is C19H23N7O. The molecule has 0 aromatic carbocycles. The van der Waals surface area contributed by atoms with E-state index in [-0.39, 0.29) is 11.8 Å². The Morgan fingerprint density at radius 1 is 1.22 bits per heavy atom. The number of hydrogen-bond acceptors (Lipinski definition) is 6. The zero-order valence-corrected chi connectivity index (χ0v) is 15.8. The van der Waals surface area contributed by atoms with E-state index in [1.807, 2.05) is 39.1 Å². The van der Waals surface area contributed by atoms with Crippen LogP contribution in [-0.2, 0) is 11.8 Å². The lowest BCUT2D eigenvalue weighted by Gasteiger charge is -2.33. The number of nitrogens with zero attached hydrogens (tertiary/aromatic N) is 6. The van der Waals surface area contributed by atoms with Gasteiger partial charge in [-0.1, -0.05) is 6.07 Å². The van der Waals surface area contributed by atoms with Crippen molar-refractivity contribution in [3.63, 3.8) is 0 Å². The zero-order chi connectivity index (χ0) is 19.0. The third kappa shape index (κ3) is 3.47. The van der Waals surface area contributed by atoms with Gasteiger partial charge in [-0.05, 0) is 38.8 Å². The number of amides is 1. The summed E-state index contributed by atoms with van der Waals surface area (Å²) in [5.41, 5.74) is 1.70. The first-order valence-corrected chi connectivity index (χ1v) is 9.17. The fourth-order valence-corrected chi connectivity index (χ4v) is 3.58. The summed E-state index contributed by atoms with van der Waals surface area (Å²) < 4.78 is 1.76. The minimum atomic E-state index is -0.108. The number of aromatic nitrogens is 5. The van der Waals surface area contributed by atoms with Gasteiger partial charge in [-0.3, -0.25) is 9.48 Å². The lowest BCUT2D eigenvalue weighted by molar-refractivity contribution is -0.120. The van der Waals surface area contributed by atoms with Crippen LogP contribution in [-0.4, -0.2) is 43.7 Å². The number of rotatable bonds is 3. The van der Waals surface area contributed by atoms with Crippen molar-refractivity contribution in [2.24, 2.45) is 13.0 Å².